The molecule has 1 amide bonds. The molecule has 1 heterocycles. The third-order valence-corrected chi connectivity index (χ3v) is 2.59. The van der Waals surface area contributed by atoms with Crippen molar-refractivity contribution >= 4 is 5.91 Å². The number of carbonyl (C=O) groups excluding carboxylic acids is 1. The highest BCUT2D eigenvalue weighted by Gasteiger charge is 2.28. The molecule has 1 saturated heterocycles. The monoisotopic (exact) mass is 200 g/mol. The molecular weight excluding hydrogens is 180 g/mol. The fraction of sp³-hybridized carbons (Fsp3) is 0.889. The Balaban J connectivity index is 2.60. The summed E-state index contributed by atoms with van der Waals surface area (Å²) in [5.41, 5.74) is 2.24. The minimum absolute atomic E-state index is 0.0816. The first kappa shape index (κ1) is 11.4. The Hall–Kier alpha value is -0.650. The van der Waals surface area contributed by atoms with Gasteiger partial charge in [0.1, 0.15) is 0 Å². The topological polar surface area (TPSA) is 70.4 Å². The number of piperazine rings is 1. The lowest BCUT2D eigenvalue weighted by molar-refractivity contribution is -0.128. The molecule has 1 aliphatic heterocycles. The van der Waals surface area contributed by atoms with Gasteiger partial charge in [-0.15, -0.1) is 0 Å². The number of hydrogen-bond acceptors (Lipinski definition) is 4. The van der Waals surface area contributed by atoms with E-state index in [1.165, 1.54) is 0 Å². The van der Waals surface area contributed by atoms with E-state index in [-0.39, 0.29) is 17.9 Å². The highest BCUT2D eigenvalue weighted by Crippen LogP contribution is 2.11. The van der Waals surface area contributed by atoms with Crippen LogP contribution in [0.2, 0.25) is 0 Å². The number of hydrazine groups is 1. The molecular formula is C9H20N4O. The fourth-order valence-electron chi connectivity index (χ4n) is 1.94. The van der Waals surface area contributed by atoms with Crippen molar-refractivity contribution in [2.75, 3.05) is 26.2 Å². The van der Waals surface area contributed by atoms with Crippen LogP contribution in [0.3, 0.4) is 0 Å². The minimum Gasteiger partial charge on any atom is -0.314 e. The van der Waals surface area contributed by atoms with E-state index in [1.54, 1.807) is 0 Å². The maximum Gasteiger partial charge on any atom is 0.251 e. The van der Waals surface area contributed by atoms with E-state index in [9.17, 15) is 4.79 Å². The highest BCUT2D eigenvalue weighted by molar-refractivity contribution is 5.81. The van der Waals surface area contributed by atoms with Crippen molar-refractivity contribution < 1.29 is 4.79 Å². The Morgan fingerprint density at radius 2 is 2.00 bits per heavy atom. The molecule has 1 rings (SSSR count). The average Bonchev–Trinajstić information content (AvgIpc) is 2.19. The van der Waals surface area contributed by atoms with Gasteiger partial charge in [0.15, 0.2) is 0 Å². The first-order valence-corrected chi connectivity index (χ1v) is 5.12. The molecule has 0 aromatic heterocycles. The SMILES string of the molecule is CC(C)C(C(=O)NN)N1CCNCC1. The van der Waals surface area contributed by atoms with Gasteiger partial charge in [-0.3, -0.25) is 15.1 Å². The maximum absolute atomic E-state index is 11.6. The third kappa shape index (κ3) is 2.67. The molecule has 0 bridgehead atoms. The molecule has 0 radical (unpaired) electrons. The van der Waals surface area contributed by atoms with Crippen LogP contribution in [0.15, 0.2) is 0 Å². The molecule has 1 fully saturated rings. The van der Waals surface area contributed by atoms with E-state index in [4.69, 9.17) is 5.84 Å². The van der Waals surface area contributed by atoms with Crippen LogP contribution < -0.4 is 16.6 Å². The molecule has 0 aliphatic carbocycles. The standard InChI is InChI=1S/C9H20N4O/c1-7(2)8(9(14)12-10)13-5-3-11-4-6-13/h7-8,11H,3-6,10H2,1-2H3,(H,12,14). The lowest BCUT2D eigenvalue weighted by Gasteiger charge is -2.35. The van der Waals surface area contributed by atoms with Gasteiger partial charge >= 0.3 is 0 Å². The summed E-state index contributed by atoms with van der Waals surface area (Å²) in [7, 11) is 0. The molecule has 4 N–H and O–H groups in total. The molecule has 1 atom stereocenters. The van der Waals surface area contributed by atoms with Gasteiger partial charge in [0, 0.05) is 26.2 Å². The van der Waals surface area contributed by atoms with Crippen molar-refractivity contribution in [1.82, 2.24) is 15.6 Å². The Labute approximate surface area is 85.0 Å². The van der Waals surface area contributed by atoms with Crippen molar-refractivity contribution in [2.45, 2.75) is 19.9 Å². The van der Waals surface area contributed by atoms with Crippen LogP contribution in [0.4, 0.5) is 0 Å². The second kappa shape index (κ2) is 5.29. The zero-order valence-electron chi connectivity index (χ0n) is 8.92. The van der Waals surface area contributed by atoms with Crippen LogP contribution in [0.5, 0.6) is 0 Å². The number of rotatable bonds is 3. The Bertz CT molecular complexity index is 189. The Morgan fingerprint density at radius 1 is 1.43 bits per heavy atom. The van der Waals surface area contributed by atoms with Crippen LogP contribution in [-0.4, -0.2) is 43.0 Å². The normalized spacial score (nSPS) is 20.9. The van der Waals surface area contributed by atoms with Crippen LogP contribution in [0, 0.1) is 5.92 Å². The van der Waals surface area contributed by atoms with Gasteiger partial charge in [-0.1, -0.05) is 13.8 Å². The van der Waals surface area contributed by atoms with E-state index >= 15 is 0 Å². The van der Waals surface area contributed by atoms with Gasteiger partial charge in [0.2, 0.25) is 0 Å². The number of nitrogens with one attached hydrogen (secondary N) is 2. The van der Waals surface area contributed by atoms with Crippen LogP contribution in [0.1, 0.15) is 13.8 Å². The average molecular weight is 200 g/mol. The number of nitrogens with zero attached hydrogens (tertiary/aromatic N) is 1. The first-order valence-electron chi connectivity index (χ1n) is 5.12. The lowest BCUT2D eigenvalue weighted by atomic mass is 10.0. The predicted octanol–water partition coefficient (Wildman–Crippen LogP) is -1.09. The summed E-state index contributed by atoms with van der Waals surface area (Å²) in [6.45, 7) is 7.80. The van der Waals surface area contributed by atoms with Crippen molar-refractivity contribution in [2.24, 2.45) is 11.8 Å². The summed E-state index contributed by atoms with van der Waals surface area (Å²) < 4.78 is 0. The van der Waals surface area contributed by atoms with Crippen LogP contribution >= 0.6 is 0 Å². The minimum atomic E-state index is -0.0953. The quantitative estimate of drug-likeness (QED) is 0.307. The maximum atomic E-state index is 11.6. The fourth-order valence-corrected chi connectivity index (χ4v) is 1.94. The Morgan fingerprint density at radius 3 is 2.43 bits per heavy atom. The van der Waals surface area contributed by atoms with Crippen molar-refractivity contribution in [1.29, 1.82) is 0 Å². The largest absolute Gasteiger partial charge is 0.314 e. The number of amides is 1. The van der Waals surface area contributed by atoms with Crippen molar-refractivity contribution in [3.05, 3.63) is 0 Å². The van der Waals surface area contributed by atoms with E-state index < -0.39 is 0 Å². The Kier molecular flexibility index (Phi) is 4.31. The lowest BCUT2D eigenvalue weighted by Crippen LogP contribution is -2.56. The van der Waals surface area contributed by atoms with Gasteiger partial charge in [-0.2, -0.15) is 0 Å². The summed E-state index contributed by atoms with van der Waals surface area (Å²) in [4.78, 5) is 13.7. The van der Waals surface area contributed by atoms with E-state index in [1.807, 2.05) is 13.8 Å². The zero-order chi connectivity index (χ0) is 10.6. The molecule has 5 nitrogen and oxygen atoms in total. The highest BCUT2D eigenvalue weighted by atomic mass is 16.2. The second-order valence-electron chi connectivity index (χ2n) is 3.98. The van der Waals surface area contributed by atoms with Crippen LogP contribution in [-0.2, 0) is 4.79 Å². The summed E-state index contributed by atoms with van der Waals surface area (Å²) in [6, 6.07) is -0.0953. The van der Waals surface area contributed by atoms with E-state index in [0.717, 1.165) is 26.2 Å². The summed E-state index contributed by atoms with van der Waals surface area (Å²) in [5.74, 6) is 5.38. The molecule has 0 aromatic carbocycles. The number of carbonyl (C=O) groups is 1. The molecule has 1 aliphatic rings. The van der Waals surface area contributed by atoms with Crippen molar-refractivity contribution in [3.63, 3.8) is 0 Å². The summed E-state index contributed by atoms with van der Waals surface area (Å²) in [6.07, 6.45) is 0. The van der Waals surface area contributed by atoms with Gasteiger partial charge in [-0.25, -0.2) is 5.84 Å². The third-order valence-electron chi connectivity index (χ3n) is 2.59. The van der Waals surface area contributed by atoms with Gasteiger partial charge < -0.3 is 5.32 Å². The summed E-state index contributed by atoms with van der Waals surface area (Å²) in [5, 5.41) is 3.26. The summed E-state index contributed by atoms with van der Waals surface area (Å²) >= 11 is 0. The molecule has 0 spiro atoms. The molecule has 0 aromatic rings. The number of hydrogen-bond donors (Lipinski definition) is 3. The van der Waals surface area contributed by atoms with Gasteiger partial charge in [0.25, 0.3) is 5.91 Å². The van der Waals surface area contributed by atoms with Crippen LogP contribution in [0.25, 0.3) is 0 Å². The molecule has 82 valence electrons. The molecule has 0 saturated carbocycles. The van der Waals surface area contributed by atoms with E-state index in [2.05, 4.69) is 15.6 Å². The predicted molar refractivity (Wildman–Crippen MR) is 55.4 cm³/mol. The second-order valence-corrected chi connectivity index (χ2v) is 3.98. The van der Waals surface area contributed by atoms with E-state index in [0.29, 0.717) is 0 Å². The smallest absolute Gasteiger partial charge is 0.251 e. The first-order chi connectivity index (χ1) is 6.66. The van der Waals surface area contributed by atoms with Gasteiger partial charge in [-0.05, 0) is 5.92 Å². The van der Waals surface area contributed by atoms with Crippen molar-refractivity contribution in [3.8, 4) is 0 Å². The molecule has 5 heteroatoms. The number of nitrogens with two attached hydrogens (primary N) is 1. The molecule has 14 heavy (non-hydrogen) atoms. The zero-order valence-corrected chi connectivity index (χ0v) is 8.92. The molecule has 1 unspecified atom stereocenters. The van der Waals surface area contributed by atoms with Gasteiger partial charge in [0.05, 0.1) is 6.04 Å².